The molecule has 0 radical (unpaired) electrons. The smallest absolute Gasteiger partial charge is 0.288 e. The van der Waals surface area contributed by atoms with Crippen LogP contribution in [0, 0.1) is 13.8 Å². The molecule has 0 saturated heterocycles. The van der Waals surface area contributed by atoms with E-state index in [1.807, 2.05) is 25.5 Å². The van der Waals surface area contributed by atoms with Gasteiger partial charge in [0.1, 0.15) is 5.69 Å². The van der Waals surface area contributed by atoms with Crippen LogP contribution >= 0.6 is 0 Å². The number of carbonyl (C=O) groups excluding carboxylic acids is 1. The van der Waals surface area contributed by atoms with Gasteiger partial charge in [-0.2, -0.15) is 28.4 Å². The summed E-state index contributed by atoms with van der Waals surface area (Å²) in [6.07, 6.45) is -4.67. The number of anilines is 1. The van der Waals surface area contributed by atoms with Crippen molar-refractivity contribution in [3.8, 4) is 11.3 Å². The van der Waals surface area contributed by atoms with E-state index < -0.39 is 23.9 Å². The van der Waals surface area contributed by atoms with E-state index in [-0.39, 0.29) is 5.69 Å². The summed E-state index contributed by atoms with van der Waals surface area (Å²) in [7, 11) is 0. The Morgan fingerprint density at radius 3 is 2.58 bits per heavy atom. The van der Waals surface area contributed by atoms with E-state index in [0.717, 1.165) is 17.0 Å². The zero-order valence-electron chi connectivity index (χ0n) is 14.1. The van der Waals surface area contributed by atoms with Gasteiger partial charge in [0.15, 0.2) is 0 Å². The molecule has 3 rings (SSSR count). The molecule has 26 heavy (non-hydrogen) atoms. The molecule has 0 aliphatic carbocycles. The molecule has 3 aromatic rings. The van der Waals surface area contributed by atoms with Crippen LogP contribution in [0.1, 0.15) is 34.6 Å². The number of H-pyrrole nitrogens is 2. The van der Waals surface area contributed by atoms with Gasteiger partial charge in [-0.1, -0.05) is 0 Å². The van der Waals surface area contributed by atoms with Crippen LogP contribution in [0.15, 0.2) is 6.07 Å². The van der Waals surface area contributed by atoms with Crippen molar-refractivity contribution in [2.24, 2.45) is 0 Å². The lowest BCUT2D eigenvalue weighted by Gasteiger charge is -1.99. The Morgan fingerprint density at radius 1 is 1.27 bits per heavy atom. The standard InChI is InChI=1S/C14H15F3N8O/c1-4-25-7(3)10(6(2)24-25)8-5-9(21-20-8)11(26)18-13-19-12(22-23-13)14(15,16)17/h5H,4H2,1-3H3,(H,20,21)(H2,18,19,22,23,26). The predicted octanol–water partition coefficient (Wildman–Crippen LogP) is 2.30. The Kier molecular flexibility index (Phi) is 4.26. The van der Waals surface area contributed by atoms with Crippen molar-refractivity contribution < 1.29 is 18.0 Å². The van der Waals surface area contributed by atoms with Crippen molar-refractivity contribution in [1.29, 1.82) is 0 Å². The van der Waals surface area contributed by atoms with Crippen LogP contribution in [0.25, 0.3) is 11.3 Å². The number of rotatable bonds is 4. The summed E-state index contributed by atoms with van der Waals surface area (Å²) in [5.74, 6) is -2.49. The molecule has 0 bridgehead atoms. The number of halogens is 3. The summed E-state index contributed by atoms with van der Waals surface area (Å²) < 4.78 is 39.3. The Bertz CT molecular complexity index is 952. The first-order valence-electron chi connectivity index (χ1n) is 7.61. The molecule has 138 valence electrons. The Labute approximate surface area is 145 Å². The third-order valence-corrected chi connectivity index (χ3v) is 3.74. The monoisotopic (exact) mass is 368 g/mol. The highest BCUT2D eigenvalue weighted by Gasteiger charge is 2.35. The fraction of sp³-hybridized carbons (Fsp3) is 0.357. The van der Waals surface area contributed by atoms with Crippen molar-refractivity contribution in [3.63, 3.8) is 0 Å². The third-order valence-electron chi connectivity index (χ3n) is 3.74. The van der Waals surface area contributed by atoms with Gasteiger partial charge < -0.3 is 0 Å². The number of hydrogen-bond donors (Lipinski definition) is 3. The van der Waals surface area contributed by atoms with Gasteiger partial charge >= 0.3 is 6.18 Å². The lowest BCUT2D eigenvalue weighted by molar-refractivity contribution is -0.144. The molecule has 1 amide bonds. The maximum atomic E-state index is 12.5. The summed E-state index contributed by atoms with van der Waals surface area (Å²) in [5.41, 5.74) is 3.01. The molecule has 3 N–H and O–H groups in total. The average molecular weight is 368 g/mol. The summed E-state index contributed by atoms with van der Waals surface area (Å²) in [6.45, 7) is 6.37. The third kappa shape index (κ3) is 3.17. The van der Waals surface area contributed by atoms with E-state index in [4.69, 9.17) is 0 Å². The highest BCUT2D eigenvalue weighted by molar-refractivity contribution is 6.02. The fourth-order valence-electron chi connectivity index (χ4n) is 2.55. The molecular formula is C14H15F3N8O. The van der Waals surface area contributed by atoms with Gasteiger partial charge in [0, 0.05) is 17.8 Å². The summed E-state index contributed by atoms with van der Waals surface area (Å²) in [4.78, 5) is 15.4. The molecule has 12 heteroatoms. The maximum absolute atomic E-state index is 12.5. The quantitative estimate of drug-likeness (QED) is 0.653. The number of nitrogens with one attached hydrogen (secondary N) is 3. The van der Waals surface area contributed by atoms with Crippen LogP contribution < -0.4 is 5.32 Å². The molecule has 0 aliphatic heterocycles. The lowest BCUT2D eigenvalue weighted by atomic mass is 10.1. The van der Waals surface area contributed by atoms with E-state index >= 15 is 0 Å². The van der Waals surface area contributed by atoms with Gasteiger partial charge in [-0.25, -0.2) is 0 Å². The van der Waals surface area contributed by atoms with E-state index in [1.165, 1.54) is 6.07 Å². The number of hydrogen-bond acceptors (Lipinski definition) is 5. The normalized spacial score (nSPS) is 11.8. The van der Waals surface area contributed by atoms with Crippen molar-refractivity contribution in [1.82, 2.24) is 35.2 Å². The molecule has 0 aromatic carbocycles. The minimum absolute atomic E-state index is 0.0569. The summed E-state index contributed by atoms with van der Waals surface area (Å²) >= 11 is 0. The first kappa shape index (κ1) is 17.6. The van der Waals surface area contributed by atoms with Crippen LogP contribution in [0.2, 0.25) is 0 Å². The summed E-state index contributed by atoms with van der Waals surface area (Å²) in [5, 5.41) is 18.3. The Hall–Kier alpha value is -3.18. The minimum atomic E-state index is -4.67. The molecule has 0 aliphatic rings. The van der Waals surface area contributed by atoms with Crippen LogP contribution in [-0.4, -0.2) is 41.1 Å². The number of amides is 1. The fourth-order valence-corrected chi connectivity index (χ4v) is 2.55. The number of aromatic amines is 2. The van der Waals surface area contributed by atoms with Crippen LogP contribution in [0.4, 0.5) is 19.1 Å². The maximum Gasteiger partial charge on any atom is 0.451 e. The molecule has 0 saturated carbocycles. The second-order valence-electron chi connectivity index (χ2n) is 5.49. The highest BCUT2D eigenvalue weighted by atomic mass is 19.4. The van der Waals surface area contributed by atoms with Crippen molar-refractivity contribution >= 4 is 11.9 Å². The molecule has 3 aromatic heterocycles. The first-order chi connectivity index (χ1) is 12.2. The van der Waals surface area contributed by atoms with Gasteiger partial charge in [-0.05, 0) is 26.8 Å². The molecule has 3 heterocycles. The van der Waals surface area contributed by atoms with Crippen molar-refractivity contribution in [2.75, 3.05) is 5.32 Å². The van der Waals surface area contributed by atoms with Crippen LogP contribution in [0.5, 0.6) is 0 Å². The first-order valence-corrected chi connectivity index (χ1v) is 7.61. The van der Waals surface area contributed by atoms with Crippen LogP contribution in [0.3, 0.4) is 0 Å². The predicted molar refractivity (Wildman–Crippen MR) is 84.3 cm³/mol. The second-order valence-corrected chi connectivity index (χ2v) is 5.49. The molecule has 0 unspecified atom stereocenters. The number of aromatic nitrogens is 7. The minimum Gasteiger partial charge on any atom is -0.288 e. The average Bonchev–Trinajstić information content (AvgIpc) is 3.26. The lowest BCUT2D eigenvalue weighted by Crippen LogP contribution is -2.14. The second kappa shape index (κ2) is 6.28. The van der Waals surface area contributed by atoms with E-state index in [0.29, 0.717) is 12.2 Å². The topological polar surface area (TPSA) is 117 Å². The van der Waals surface area contributed by atoms with Gasteiger partial charge in [0.2, 0.25) is 11.8 Å². The van der Waals surface area contributed by atoms with Gasteiger partial charge in [-0.15, -0.1) is 5.10 Å². The molecule has 0 fully saturated rings. The highest BCUT2D eigenvalue weighted by Crippen LogP contribution is 2.27. The number of carbonyl (C=O) groups is 1. The van der Waals surface area contributed by atoms with Crippen LogP contribution in [-0.2, 0) is 12.7 Å². The van der Waals surface area contributed by atoms with Crippen molar-refractivity contribution in [3.05, 3.63) is 29.0 Å². The van der Waals surface area contributed by atoms with Gasteiger partial charge in [0.25, 0.3) is 5.91 Å². The zero-order chi connectivity index (χ0) is 19.1. The van der Waals surface area contributed by atoms with E-state index in [9.17, 15) is 18.0 Å². The molecule has 0 spiro atoms. The van der Waals surface area contributed by atoms with Gasteiger partial charge in [-0.3, -0.25) is 25.0 Å². The number of nitrogens with zero attached hydrogens (tertiary/aromatic N) is 5. The van der Waals surface area contributed by atoms with E-state index in [1.54, 1.807) is 5.10 Å². The molecule has 9 nitrogen and oxygen atoms in total. The molecule has 0 atom stereocenters. The van der Waals surface area contributed by atoms with Crippen molar-refractivity contribution in [2.45, 2.75) is 33.5 Å². The summed E-state index contributed by atoms with van der Waals surface area (Å²) in [6, 6.07) is 1.49. The Balaban J connectivity index is 1.81. The van der Waals surface area contributed by atoms with E-state index in [2.05, 4.69) is 30.7 Å². The van der Waals surface area contributed by atoms with Gasteiger partial charge in [0.05, 0.1) is 11.4 Å². The number of alkyl halides is 3. The number of aryl methyl sites for hydroxylation is 2. The largest absolute Gasteiger partial charge is 0.451 e. The Morgan fingerprint density at radius 2 is 2.00 bits per heavy atom. The SMILES string of the molecule is CCn1nc(C)c(-c2cc(C(=O)Nc3n[nH]c(C(F)(F)F)n3)[nH]n2)c1C. The zero-order valence-corrected chi connectivity index (χ0v) is 14.1. The molecular weight excluding hydrogens is 353 g/mol.